The second kappa shape index (κ2) is 6.66. The Morgan fingerprint density at radius 1 is 1.47 bits per heavy atom. The lowest BCUT2D eigenvalue weighted by molar-refractivity contribution is 0.208. The number of nitrogens with two attached hydrogens (primary N) is 1. The first-order valence-corrected chi connectivity index (χ1v) is 7.20. The van der Waals surface area contributed by atoms with Crippen LogP contribution in [0.4, 0.5) is 0 Å². The summed E-state index contributed by atoms with van der Waals surface area (Å²) in [5.41, 5.74) is 5.96. The van der Waals surface area contributed by atoms with Crippen molar-refractivity contribution in [1.82, 2.24) is 0 Å². The molecule has 1 fully saturated rings. The highest BCUT2D eigenvalue weighted by Gasteiger charge is 2.27. The highest BCUT2D eigenvalue weighted by Crippen LogP contribution is 2.35. The highest BCUT2D eigenvalue weighted by molar-refractivity contribution is 8.08. The summed E-state index contributed by atoms with van der Waals surface area (Å²) >= 11 is 3.93. The number of hydrogen-bond donors (Lipinski definition) is 1. The van der Waals surface area contributed by atoms with Crippen LogP contribution in [0.15, 0.2) is 4.99 Å². The third-order valence-electron chi connectivity index (χ3n) is 2.47. The van der Waals surface area contributed by atoms with Gasteiger partial charge in [-0.05, 0) is 0 Å². The second-order valence-corrected chi connectivity index (χ2v) is 6.66. The number of aliphatic imine (C=N–C) groups is 1. The molecule has 0 aromatic heterocycles. The van der Waals surface area contributed by atoms with Gasteiger partial charge < -0.3 is 10.5 Å². The molecule has 3 unspecified atom stereocenters. The second-order valence-electron chi connectivity index (χ2n) is 3.67. The zero-order chi connectivity index (χ0) is 11.3. The van der Waals surface area contributed by atoms with Crippen LogP contribution in [0.1, 0.15) is 13.8 Å². The zero-order valence-corrected chi connectivity index (χ0v) is 11.2. The minimum absolute atomic E-state index is 0.387. The van der Waals surface area contributed by atoms with Gasteiger partial charge in [0.25, 0.3) is 0 Å². The van der Waals surface area contributed by atoms with E-state index in [1.807, 2.05) is 23.5 Å². The van der Waals surface area contributed by atoms with Crippen LogP contribution < -0.4 is 5.73 Å². The molecular weight excluding hydrogens is 228 g/mol. The summed E-state index contributed by atoms with van der Waals surface area (Å²) in [5.74, 6) is 1.86. The van der Waals surface area contributed by atoms with E-state index in [9.17, 15) is 0 Å². The molecule has 5 heteroatoms. The molecule has 1 aliphatic heterocycles. The average molecular weight is 248 g/mol. The Morgan fingerprint density at radius 3 is 2.80 bits per heavy atom. The van der Waals surface area contributed by atoms with Crippen LogP contribution in [-0.4, -0.2) is 47.6 Å². The molecule has 0 aromatic rings. The number of ether oxygens (including phenoxy) is 1. The molecule has 3 atom stereocenters. The molecule has 1 heterocycles. The van der Waals surface area contributed by atoms with Gasteiger partial charge in [0.05, 0.1) is 18.4 Å². The molecule has 1 aliphatic rings. The molecule has 1 saturated heterocycles. The van der Waals surface area contributed by atoms with Crippen LogP contribution in [-0.2, 0) is 4.74 Å². The van der Waals surface area contributed by atoms with E-state index in [1.54, 1.807) is 7.11 Å². The lowest BCUT2D eigenvalue weighted by Gasteiger charge is -2.30. The summed E-state index contributed by atoms with van der Waals surface area (Å²) in [4.78, 5) is 4.33. The number of amidine groups is 1. The van der Waals surface area contributed by atoms with Crippen molar-refractivity contribution in [3.63, 3.8) is 0 Å². The lowest BCUT2D eigenvalue weighted by atomic mass is 10.3. The molecular formula is C10H20N2OS2. The van der Waals surface area contributed by atoms with Crippen molar-refractivity contribution in [2.75, 3.05) is 26.0 Å². The Bertz CT molecular complexity index is 223. The quantitative estimate of drug-likeness (QED) is 0.466. The van der Waals surface area contributed by atoms with Crippen LogP contribution >= 0.6 is 23.5 Å². The molecule has 0 amide bonds. The molecule has 2 N–H and O–H groups in total. The SMILES string of the molecule is COCCN=C(N)C1CSC(C)C(C)S1. The van der Waals surface area contributed by atoms with Crippen molar-refractivity contribution in [1.29, 1.82) is 0 Å². The largest absolute Gasteiger partial charge is 0.387 e. The molecule has 88 valence electrons. The van der Waals surface area contributed by atoms with E-state index in [0.29, 0.717) is 23.7 Å². The number of hydrogen-bond acceptors (Lipinski definition) is 4. The molecule has 0 bridgehead atoms. The summed E-state index contributed by atoms with van der Waals surface area (Å²) in [6.45, 7) is 5.86. The van der Waals surface area contributed by atoms with E-state index in [2.05, 4.69) is 18.8 Å². The predicted octanol–water partition coefficient (Wildman–Crippen LogP) is 1.62. The van der Waals surface area contributed by atoms with Crippen molar-refractivity contribution in [3.8, 4) is 0 Å². The minimum atomic E-state index is 0.387. The van der Waals surface area contributed by atoms with Crippen molar-refractivity contribution in [2.24, 2.45) is 10.7 Å². The van der Waals surface area contributed by atoms with E-state index < -0.39 is 0 Å². The van der Waals surface area contributed by atoms with E-state index >= 15 is 0 Å². The van der Waals surface area contributed by atoms with E-state index in [0.717, 1.165) is 16.8 Å². The third-order valence-corrected chi connectivity index (χ3v) is 5.89. The summed E-state index contributed by atoms with van der Waals surface area (Å²) < 4.78 is 4.94. The van der Waals surface area contributed by atoms with E-state index in [1.165, 1.54) is 0 Å². The number of methoxy groups -OCH3 is 1. The van der Waals surface area contributed by atoms with Crippen LogP contribution in [0.2, 0.25) is 0 Å². The van der Waals surface area contributed by atoms with Crippen LogP contribution in [0, 0.1) is 0 Å². The van der Waals surface area contributed by atoms with Crippen LogP contribution in [0.25, 0.3) is 0 Å². The van der Waals surface area contributed by atoms with Gasteiger partial charge in [-0.15, -0.1) is 11.8 Å². The van der Waals surface area contributed by atoms with Gasteiger partial charge in [-0.2, -0.15) is 11.8 Å². The van der Waals surface area contributed by atoms with Gasteiger partial charge in [0.15, 0.2) is 0 Å². The highest BCUT2D eigenvalue weighted by atomic mass is 32.2. The Kier molecular flexibility index (Phi) is 5.86. The van der Waals surface area contributed by atoms with Gasteiger partial charge in [-0.1, -0.05) is 13.8 Å². The Hall–Kier alpha value is 0.130. The Labute approximate surface area is 101 Å². The summed E-state index contributed by atoms with van der Waals surface area (Å²) in [6, 6.07) is 0. The van der Waals surface area contributed by atoms with Gasteiger partial charge in [0.2, 0.25) is 0 Å². The first-order chi connectivity index (χ1) is 7.15. The molecule has 0 spiro atoms. The first-order valence-electron chi connectivity index (χ1n) is 5.21. The molecule has 0 saturated carbocycles. The van der Waals surface area contributed by atoms with Gasteiger partial charge in [0.1, 0.15) is 5.84 Å². The van der Waals surface area contributed by atoms with Gasteiger partial charge >= 0.3 is 0 Å². The molecule has 0 radical (unpaired) electrons. The predicted molar refractivity (Wildman–Crippen MR) is 71.1 cm³/mol. The summed E-state index contributed by atoms with van der Waals surface area (Å²) in [5, 5.41) is 1.76. The molecule has 3 nitrogen and oxygen atoms in total. The van der Waals surface area contributed by atoms with Crippen LogP contribution in [0.3, 0.4) is 0 Å². The maximum absolute atomic E-state index is 5.96. The number of thioether (sulfide) groups is 2. The van der Waals surface area contributed by atoms with Crippen LogP contribution in [0.5, 0.6) is 0 Å². The fourth-order valence-corrected chi connectivity index (χ4v) is 4.16. The van der Waals surface area contributed by atoms with Gasteiger partial charge in [-0.3, -0.25) is 4.99 Å². The van der Waals surface area contributed by atoms with Crippen molar-refractivity contribution in [2.45, 2.75) is 29.6 Å². The topological polar surface area (TPSA) is 47.6 Å². The lowest BCUT2D eigenvalue weighted by Crippen LogP contribution is -2.36. The van der Waals surface area contributed by atoms with E-state index in [4.69, 9.17) is 10.5 Å². The van der Waals surface area contributed by atoms with Gasteiger partial charge in [0, 0.05) is 23.4 Å². The Morgan fingerprint density at radius 2 is 2.20 bits per heavy atom. The van der Waals surface area contributed by atoms with E-state index in [-0.39, 0.29) is 0 Å². The molecule has 1 rings (SSSR count). The monoisotopic (exact) mass is 248 g/mol. The minimum Gasteiger partial charge on any atom is -0.387 e. The summed E-state index contributed by atoms with van der Waals surface area (Å²) in [7, 11) is 1.68. The molecule has 0 aromatic carbocycles. The number of nitrogens with zero attached hydrogens (tertiary/aromatic N) is 1. The maximum Gasteiger partial charge on any atom is 0.108 e. The summed E-state index contributed by atoms with van der Waals surface area (Å²) in [6.07, 6.45) is 0. The zero-order valence-electron chi connectivity index (χ0n) is 9.60. The average Bonchev–Trinajstić information content (AvgIpc) is 2.22. The Balaban J connectivity index is 2.39. The smallest absolute Gasteiger partial charge is 0.108 e. The third kappa shape index (κ3) is 4.25. The van der Waals surface area contributed by atoms with Crippen molar-refractivity contribution < 1.29 is 4.74 Å². The maximum atomic E-state index is 5.96. The van der Waals surface area contributed by atoms with Crippen molar-refractivity contribution >= 4 is 29.4 Å². The molecule has 15 heavy (non-hydrogen) atoms. The van der Waals surface area contributed by atoms with Crippen molar-refractivity contribution in [3.05, 3.63) is 0 Å². The number of rotatable bonds is 4. The fourth-order valence-electron chi connectivity index (χ4n) is 1.31. The standard InChI is InChI=1S/C10H20N2OS2/c1-7-8(2)15-9(6-14-7)10(11)12-4-5-13-3/h7-9H,4-6H2,1-3H3,(H2,11,12). The molecule has 0 aliphatic carbocycles. The normalized spacial score (nSPS) is 33.0. The van der Waals surface area contributed by atoms with Gasteiger partial charge in [-0.25, -0.2) is 0 Å². The fraction of sp³-hybridized carbons (Fsp3) is 0.900. The first kappa shape index (κ1) is 13.2.